The Balaban J connectivity index is 1.60. The van der Waals surface area contributed by atoms with Crippen LogP contribution in [-0.2, 0) is 33.5 Å². The molecule has 0 N–H and O–H groups in total. The fraction of sp³-hybridized carbons (Fsp3) is 0.692. The molecule has 5 heteroatoms. The summed E-state index contributed by atoms with van der Waals surface area (Å²) in [6.07, 6.45) is 5.80. The maximum Gasteiger partial charge on any atom is 0.0866 e. The molecule has 3 saturated heterocycles. The Morgan fingerprint density at radius 1 is 0.944 bits per heavy atom. The highest BCUT2D eigenvalue weighted by molar-refractivity contribution is 5.31. The van der Waals surface area contributed by atoms with Crippen molar-refractivity contribution in [1.29, 1.82) is 0 Å². The third kappa shape index (κ3) is 2.53. The number of ether oxygens (including phenoxy) is 3. The Morgan fingerprint density at radius 2 is 1.56 bits per heavy atom. The molecule has 0 spiro atoms. The molecule has 0 bridgehead atoms. The van der Waals surface area contributed by atoms with Crippen LogP contribution in [-0.4, -0.2) is 48.3 Å². The van der Waals surface area contributed by atoms with E-state index in [4.69, 9.17) is 14.2 Å². The number of epoxide rings is 3. The fourth-order valence-corrected chi connectivity index (χ4v) is 2.33. The molecule has 4 rings (SSSR count). The van der Waals surface area contributed by atoms with Gasteiger partial charge in [-0.3, -0.25) is 0 Å². The van der Waals surface area contributed by atoms with E-state index in [2.05, 4.69) is 10.2 Å². The van der Waals surface area contributed by atoms with Crippen molar-refractivity contribution in [3.8, 4) is 0 Å². The van der Waals surface area contributed by atoms with Crippen LogP contribution >= 0.6 is 0 Å². The first kappa shape index (κ1) is 10.8. The van der Waals surface area contributed by atoms with E-state index in [1.54, 1.807) is 0 Å². The molecule has 0 saturated carbocycles. The molecular weight excluding hydrogens is 232 g/mol. The molecule has 3 aliphatic heterocycles. The first-order chi connectivity index (χ1) is 8.88. The summed E-state index contributed by atoms with van der Waals surface area (Å²) in [4.78, 5) is 0. The van der Waals surface area contributed by atoms with Crippen molar-refractivity contribution in [1.82, 2.24) is 10.2 Å². The molecule has 3 atom stereocenters. The third-order valence-corrected chi connectivity index (χ3v) is 3.64. The summed E-state index contributed by atoms with van der Waals surface area (Å²) in [6.45, 7) is 2.61. The first-order valence-corrected chi connectivity index (χ1v) is 6.55. The van der Waals surface area contributed by atoms with E-state index in [1.807, 2.05) is 6.20 Å². The lowest BCUT2D eigenvalue weighted by molar-refractivity contribution is 0.395. The first-order valence-electron chi connectivity index (χ1n) is 6.55. The van der Waals surface area contributed by atoms with Crippen LogP contribution in [0.4, 0.5) is 0 Å². The topological polar surface area (TPSA) is 63.4 Å². The molecular formula is C13H16N2O3. The van der Waals surface area contributed by atoms with Gasteiger partial charge >= 0.3 is 0 Å². The van der Waals surface area contributed by atoms with Gasteiger partial charge in [-0.15, -0.1) is 0 Å². The minimum atomic E-state index is 0.352. The van der Waals surface area contributed by atoms with Crippen molar-refractivity contribution in [3.63, 3.8) is 0 Å². The number of hydrogen-bond donors (Lipinski definition) is 0. The highest BCUT2D eigenvalue weighted by atomic mass is 16.6. The van der Waals surface area contributed by atoms with Gasteiger partial charge in [0, 0.05) is 19.3 Å². The molecule has 0 aliphatic carbocycles. The Kier molecular flexibility index (Phi) is 2.57. The summed E-state index contributed by atoms with van der Waals surface area (Å²) in [5.74, 6) is 0. The van der Waals surface area contributed by atoms with E-state index in [0.717, 1.165) is 44.8 Å². The summed E-state index contributed by atoms with van der Waals surface area (Å²) in [5, 5.41) is 8.43. The maximum atomic E-state index is 5.35. The van der Waals surface area contributed by atoms with Gasteiger partial charge in [-0.25, -0.2) is 0 Å². The summed E-state index contributed by atoms with van der Waals surface area (Å²) in [6, 6.07) is 0. The molecule has 96 valence electrons. The smallest absolute Gasteiger partial charge is 0.0866 e. The van der Waals surface area contributed by atoms with E-state index in [0.29, 0.717) is 18.3 Å². The molecule has 0 aromatic carbocycles. The normalized spacial score (nSPS) is 32.3. The Hall–Kier alpha value is -1.04. The number of hydrogen-bond acceptors (Lipinski definition) is 5. The van der Waals surface area contributed by atoms with Crippen LogP contribution in [0.3, 0.4) is 0 Å². The molecule has 0 amide bonds. The van der Waals surface area contributed by atoms with E-state index in [1.165, 1.54) is 11.1 Å². The van der Waals surface area contributed by atoms with Crippen LogP contribution in [0.25, 0.3) is 0 Å². The van der Waals surface area contributed by atoms with Crippen LogP contribution in [0.15, 0.2) is 6.20 Å². The van der Waals surface area contributed by atoms with Gasteiger partial charge in [0.15, 0.2) is 0 Å². The van der Waals surface area contributed by atoms with Crippen LogP contribution in [0.5, 0.6) is 0 Å². The average molecular weight is 248 g/mol. The highest BCUT2D eigenvalue weighted by Crippen LogP contribution is 2.26. The lowest BCUT2D eigenvalue weighted by Gasteiger charge is -2.11. The molecule has 3 aliphatic rings. The second kappa shape index (κ2) is 4.26. The third-order valence-electron chi connectivity index (χ3n) is 3.64. The van der Waals surface area contributed by atoms with E-state index in [-0.39, 0.29) is 0 Å². The van der Waals surface area contributed by atoms with Gasteiger partial charge in [-0.1, -0.05) is 0 Å². The van der Waals surface area contributed by atoms with Gasteiger partial charge in [0.05, 0.1) is 50.0 Å². The van der Waals surface area contributed by atoms with Crippen LogP contribution in [0, 0.1) is 0 Å². The fourth-order valence-electron chi connectivity index (χ4n) is 2.33. The monoisotopic (exact) mass is 248 g/mol. The Bertz CT molecular complexity index is 421. The maximum absolute atomic E-state index is 5.35. The van der Waals surface area contributed by atoms with Crippen molar-refractivity contribution in [3.05, 3.63) is 23.0 Å². The SMILES string of the molecule is c1nnc(CC2CO2)c(CC2CO2)c1CC1CO1. The number of nitrogens with zero attached hydrogens (tertiary/aromatic N) is 2. The minimum Gasteiger partial charge on any atom is -0.373 e. The van der Waals surface area contributed by atoms with E-state index in [9.17, 15) is 0 Å². The standard InChI is InChI=1S/C13H16N2O3/c1(9-5-16-9)8-4-14-15-13(3-11-7-18-11)12(8)2-10-6-17-10/h4,9-11H,1-3,5-7H2. The van der Waals surface area contributed by atoms with Crippen LogP contribution in [0.2, 0.25) is 0 Å². The summed E-state index contributed by atoms with van der Waals surface area (Å²) in [7, 11) is 0. The zero-order valence-corrected chi connectivity index (χ0v) is 10.2. The summed E-state index contributed by atoms with van der Waals surface area (Å²) >= 11 is 0. The largest absolute Gasteiger partial charge is 0.373 e. The van der Waals surface area contributed by atoms with Crippen LogP contribution < -0.4 is 0 Å². The average Bonchev–Trinajstić information content (AvgIpc) is 3.22. The molecule has 0 radical (unpaired) electrons. The zero-order chi connectivity index (χ0) is 11.9. The molecule has 4 heterocycles. The zero-order valence-electron chi connectivity index (χ0n) is 10.2. The lowest BCUT2D eigenvalue weighted by Crippen LogP contribution is -2.11. The van der Waals surface area contributed by atoms with Crippen molar-refractivity contribution in [2.75, 3.05) is 19.8 Å². The van der Waals surface area contributed by atoms with Crippen molar-refractivity contribution in [2.45, 2.75) is 37.6 Å². The molecule has 1 aromatic rings. The molecule has 5 nitrogen and oxygen atoms in total. The molecule has 1 aromatic heterocycles. The second-order valence-corrected chi connectivity index (χ2v) is 5.27. The summed E-state index contributed by atoms with van der Waals surface area (Å²) in [5.41, 5.74) is 3.68. The van der Waals surface area contributed by atoms with E-state index < -0.39 is 0 Å². The van der Waals surface area contributed by atoms with Crippen molar-refractivity contribution < 1.29 is 14.2 Å². The quantitative estimate of drug-likeness (QED) is 0.678. The Labute approximate surface area is 105 Å². The van der Waals surface area contributed by atoms with Crippen LogP contribution in [0.1, 0.15) is 16.8 Å². The van der Waals surface area contributed by atoms with Gasteiger partial charge in [-0.05, 0) is 11.1 Å². The van der Waals surface area contributed by atoms with E-state index >= 15 is 0 Å². The van der Waals surface area contributed by atoms with Gasteiger partial charge < -0.3 is 14.2 Å². The predicted molar refractivity (Wildman–Crippen MR) is 62.4 cm³/mol. The minimum absolute atomic E-state index is 0.352. The second-order valence-electron chi connectivity index (χ2n) is 5.27. The highest BCUT2D eigenvalue weighted by Gasteiger charge is 2.31. The van der Waals surface area contributed by atoms with Gasteiger partial charge in [0.2, 0.25) is 0 Å². The van der Waals surface area contributed by atoms with Gasteiger partial charge in [0.1, 0.15) is 0 Å². The van der Waals surface area contributed by atoms with Crippen molar-refractivity contribution in [2.24, 2.45) is 0 Å². The Morgan fingerprint density at radius 3 is 2.22 bits per heavy atom. The number of aromatic nitrogens is 2. The summed E-state index contributed by atoms with van der Waals surface area (Å²) < 4.78 is 16.0. The molecule has 3 unspecified atom stereocenters. The molecule has 18 heavy (non-hydrogen) atoms. The molecule has 3 fully saturated rings. The van der Waals surface area contributed by atoms with Crippen molar-refractivity contribution >= 4 is 0 Å². The lowest BCUT2D eigenvalue weighted by atomic mass is 9.97. The number of rotatable bonds is 6. The van der Waals surface area contributed by atoms with Gasteiger partial charge in [0.25, 0.3) is 0 Å². The van der Waals surface area contributed by atoms with Gasteiger partial charge in [-0.2, -0.15) is 10.2 Å². The predicted octanol–water partition coefficient (Wildman–Crippen LogP) is 0.300.